The van der Waals surface area contributed by atoms with Crippen LogP contribution in [0, 0.1) is 13.8 Å². The molecule has 1 aliphatic rings. The highest BCUT2D eigenvalue weighted by atomic mass is 15.0. The first-order valence-corrected chi connectivity index (χ1v) is 11.8. The minimum absolute atomic E-state index is 0.116. The fraction of sp³-hybridized carbons (Fsp3) is 0.333. The highest BCUT2D eigenvalue weighted by Crippen LogP contribution is 2.32. The number of hydrogen-bond donors (Lipinski definition) is 0. The molecule has 0 saturated carbocycles. The van der Waals surface area contributed by atoms with Crippen LogP contribution < -0.4 is 16.4 Å². The van der Waals surface area contributed by atoms with E-state index in [2.05, 4.69) is 121 Å². The van der Waals surface area contributed by atoms with Crippen molar-refractivity contribution in [3.8, 4) is 5.69 Å². The van der Waals surface area contributed by atoms with E-state index in [0.717, 1.165) is 0 Å². The van der Waals surface area contributed by atoms with Crippen molar-refractivity contribution in [2.75, 3.05) is 0 Å². The lowest BCUT2D eigenvalue weighted by Gasteiger charge is -2.30. The third-order valence-electron chi connectivity index (χ3n) is 7.44. The molecular weight excluding hydrogens is 385 g/mol. The van der Waals surface area contributed by atoms with Crippen molar-refractivity contribution >= 4 is 34.0 Å². The number of hydrogen-bond acceptors (Lipinski definition) is 0. The van der Waals surface area contributed by atoms with Crippen LogP contribution in [0.3, 0.4) is 0 Å². The van der Waals surface area contributed by atoms with Gasteiger partial charge in [0.2, 0.25) is 6.71 Å². The van der Waals surface area contributed by atoms with Crippen molar-refractivity contribution in [1.82, 2.24) is 4.57 Å². The van der Waals surface area contributed by atoms with Gasteiger partial charge in [-0.25, -0.2) is 0 Å². The van der Waals surface area contributed by atoms with Crippen LogP contribution in [0.2, 0.25) is 0 Å². The lowest BCUT2D eigenvalue weighted by molar-refractivity contribution is 0.590. The summed E-state index contributed by atoms with van der Waals surface area (Å²) in [6.07, 6.45) is 0. The van der Waals surface area contributed by atoms with Crippen molar-refractivity contribution in [3.63, 3.8) is 0 Å². The standard InChI is InChI=1S/C30H34BN/c1-19-20(2)32-27-18-22(30(6,7)8)14-17-25(27)31(26-11-9-10-24(19)28(26)32)23-15-12-21(13-16-23)29(3,4)5/h9-18H,1-8H3. The topological polar surface area (TPSA) is 4.93 Å². The van der Waals surface area contributed by atoms with Gasteiger partial charge in [0.15, 0.2) is 0 Å². The number of fused-ring (bicyclic) bond motifs is 2. The van der Waals surface area contributed by atoms with Gasteiger partial charge in [0.1, 0.15) is 0 Å². The van der Waals surface area contributed by atoms with E-state index < -0.39 is 0 Å². The van der Waals surface area contributed by atoms with Crippen LogP contribution >= 0.6 is 0 Å². The summed E-state index contributed by atoms with van der Waals surface area (Å²) in [5, 5.41) is 1.38. The Morgan fingerprint density at radius 2 is 1.31 bits per heavy atom. The molecule has 0 saturated heterocycles. The highest BCUT2D eigenvalue weighted by molar-refractivity contribution is 6.97. The predicted octanol–water partition coefficient (Wildman–Crippen LogP) is 5.67. The number of aromatic nitrogens is 1. The lowest BCUT2D eigenvalue weighted by Crippen LogP contribution is -2.56. The van der Waals surface area contributed by atoms with Gasteiger partial charge < -0.3 is 4.57 Å². The average Bonchev–Trinajstić information content (AvgIpc) is 2.99. The molecule has 162 valence electrons. The second-order valence-electron chi connectivity index (χ2n) is 11.6. The molecule has 0 N–H and O–H groups in total. The molecule has 5 rings (SSSR count). The van der Waals surface area contributed by atoms with E-state index in [1.54, 1.807) is 0 Å². The highest BCUT2D eigenvalue weighted by Gasteiger charge is 2.34. The first-order chi connectivity index (χ1) is 15.0. The largest absolute Gasteiger partial charge is 0.315 e. The van der Waals surface area contributed by atoms with Crippen molar-refractivity contribution in [2.45, 2.75) is 66.2 Å². The Labute approximate surface area is 193 Å². The number of para-hydroxylation sites is 1. The molecule has 2 heteroatoms. The second-order valence-corrected chi connectivity index (χ2v) is 11.6. The van der Waals surface area contributed by atoms with E-state index in [9.17, 15) is 0 Å². The molecule has 0 bridgehead atoms. The zero-order chi connectivity index (χ0) is 23.0. The van der Waals surface area contributed by atoms with Gasteiger partial charge in [-0.1, -0.05) is 102 Å². The van der Waals surface area contributed by atoms with Crippen LogP contribution in [0.1, 0.15) is 63.9 Å². The van der Waals surface area contributed by atoms with Gasteiger partial charge in [-0.2, -0.15) is 0 Å². The quantitative estimate of drug-likeness (QED) is 0.309. The maximum Gasteiger partial charge on any atom is 0.246 e. The molecule has 0 aliphatic carbocycles. The summed E-state index contributed by atoms with van der Waals surface area (Å²) in [5.74, 6) is 0. The van der Waals surface area contributed by atoms with Gasteiger partial charge in [-0.05, 0) is 58.4 Å². The van der Waals surface area contributed by atoms with E-state index >= 15 is 0 Å². The summed E-state index contributed by atoms with van der Waals surface area (Å²) in [5.41, 5.74) is 12.7. The smallest absolute Gasteiger partial charge is 0.246 e. The lowest BCUT2D eigenvalue weighted by atomic mass is 9.35. The number of benzene rings is 3. The zero-order valence-electron chi connectivity index (χ0n) is 20.8. The molecule has 4 aromatic rings. The third-order valence-corrected chi connectivity index (χ3v) is 7.44. The van der Waals surface area contributed by atoms with Crippen LogP contribution in [0.5, 0.6) is 0 Å². The normalized spacial score (nSPS) is 13.6. The molecule has 0 atom stereocenters. The number of aryl methyl sites for hydroxylation is 1. The average molecular weight is 419 g/mol. The summed E-state index contributed by atoms with van der Waals surface area (Å²) in [7, 11) is 0. The second kappa shape index (κ2) is 6.88. The Hall–Kier alpha value is -2.74. The molecular formula is C30H34BN. The first kappa shape index (κ1) is 21.1. The Balaban J connectivity index is 1.83. The van der Waals surface area contributed by atoms with Gasteiger partial charge in [-0.3, -0.25) is 0 Å². The van der Waals surface area contributed by atoms with E-state index in [0.29, 0.717) is 0 Å². The maximum atomic E-state index is 2.52. The van der Waals surface area contributed by atoms with E-state index in [1.165, 1.54) is 55.4 Å². The van der Waals surface area contributed by atoms with Gasteiger partial charge in [0.05, 0.1) is 0 Å². The number of nitrogens with zero attached hydrogens (tertiary/aromatic N) is 1. The molecule has 0 unspecified atom stereocenters. The zero-order valence-corrected chi connectivity index (χ0v) is 20.8. The molecule has 0 amide bonds. The van der Waals surface area contributed by atoms with E-state index in [1.807, 2.05) is 0 Å². The first-order valence-electron chi connectivity index (χ1n) is 11.8. The van der Waals surface area contributed by atoms with E-state index in [4.69, 9.17) is 0 Å². The van der Waals surface area contributed by atoms with Gasteiger partial charge >= 0.3 is 0 Å². The molecule has 1 nitrogen and oxygen atoms in total. The van der Waals surface area contributed by atoms with Crippen molar-refractivity contribution < 1.29 is 0 Å². The van der Waals surface area contributed by atoms with E-state index in [-0.39, 0.29) is 17.5 Å². The SMILES string of the molecule is Cc1c(C)n2c3c(cccc13)B(c1ccc(C(C)(C)C)cc1)c1ccc(C(C)(C)C)cc1-2. The van der Waals surface area contributed by atoms with Crippen molar-refractivity contribution in [3.05, 3.63) is 83.0 Å². The molecule has 2 heterocycles. The van der Waals surface area contributed by atoms with Crippen molar-refractivity contribution in [2.24, 2.45) is 0 Å². The van der Waals surface area contributed by atoms with Crippen molar-refractivity contribution in [1.29, 1.82) is 0 Å². The molecule has 32 heavy (non-hydrogen) atoms. The fourth-order valence-electron chi connectivity index (χ4n) is 5.33. The molecule has 0 spiro atoms. The van der Waals surface area contributed by atoms with Gasteiger partial charge in [0, 0.05) is 22.3 Å². The monoisotopic (exact) mass is 419 g/mol. The Kier molecular flexibility index (Phi) is 4.54. The van der Waals surface area contributed by atoms with Gasteiger partial charge in [-0.15, -0.1) is 0 Å². The molecule has 0 radical (unpaired) electrons. The summed E-state index contributed by atoms with van der Waals surface area (Å²) < 4.78 is 2.52. The minimum atomic E-state index is 0.116. The summed E-state index contributed by atoms with van der Waals surface area (Å²) in [6.45, 7) is 18.5. The number of rotatable bonds is 1. The third kappa shape index (κ3) is 3.07. The van der Waals surface area contributed by atoms with Crippen LogP contribution in [0.15, 0.2) is 60.7 Å². The van der Waals surface area contributed by atoms with Crippen LogP contribution in [0.25, 0.3) is 16.6 Å². The van der Waals surface area contributed by atoms with Gasteiger partial charge in [0.25, 0.3) is 0 Å². The fourth-order valence-corrected chi connectivity index (χ4v) is 5.33. The minimum Gasteiger partial charge on any atom is -0.315 e. The van der Waals surface area contributed by atoms with Crippen LogP contribution in [0.4, 0.5) is 0 Å². The molecule has 3 aromatic carbocycles. The Morgan fingerprint density at radius 1 is 0.688 bits per heavy atom. The van der Waals surface area contributed by atoms with Crippen LogP contribution in [-0.2, 0) is 10.8 Å². The Bertz CT molecular complexity index is 1340. The summed E-state index contributed by atoms with van der Waals surface area (Å²) in [4.78, 5) is 0. The molecule has 0 fully saturated rings. The summed E-state index contributed by atoms with van der Waals surface area (Å²) >= 11 is 0. The maximum absolute atomic E-state index is 2.52. The molecule has 1 aliphatic heterocycles. The van der Waals surface area contributed by atoms with Crippen LogP contribution in [-0.4, -0.2) is 11.3 Å². The summed E-state index contributed by atoms with van der Waals surface area (Å²) in [6, 6.07) is 23.4. The Morgan fingerprint density at radius 3 is 1.94 bits per heavy atom. The molecule has 1 aromatic heterocycles. The predicted molar refractivity (Wildman–Crippen MR) is 141 cm³/mol.